The van der Waals surface area contributed by atoms with E-state index in [-0.39, 0.29) is 24.4 Å². The number of nitrogens with zero attached hydrogens (tertiary/aromatic N) is 2. The molecular formula is C15H26N2O4. The predicted octanol–water partition coefficient (Wildman–Crippen LogP) is 1.38. The number of hydrogen-bond acceptors (Lipinski definition) is 3. The summed E-state index contributed by atoms with van der Waals surface area (Å²) in [4.78, 5) is 26.7. The minimum atomic E-state index is -1.04. The summed E-state index contributed by atoms with van der Waals surface area (Å²) in [5, 5.41) is 18.8. The van der Waals surface area contributed by atoms with E-state index in [2.05, 4.69) is 20.8 Å². The van der Waals surface area contributed by atoms with Gasteiger partial charge in [0, 0.05) is 26.1 Å². The van der Waals surface area contributed by atoms with Crippen molar-refractivity contribution in [1.29, 1.82) is 0 Å². The molecule has 0 aromatic carbocycles. The van der Waals surface area contributed by atoms with Crippen LogP contribution < -0.4 is 0 Å². The molecule has 0 aromatic heterocycles. The minimum absolute atomic E-state index is 0.120. The van der Waals surface area contributed by atoms with Crippen LogP contribution in [0.1, 0.15) is 40.0 Å². The van der Waals surface area contributed by atoms with E-state index in [0.29, 0.717) is 19.0 Å². The predicted molar refractivity (Wildman–Crippen MR) is 77.9 cm³/mol. The van der Waals surface area contributed by atoms with Crippen molar-refractivity contribution in [2.45, 2.75) is 52.2 Å². The number of carboxylic acid groups (broad SMARTS) is 1. The minimum Gasteiger partial charge on any atom is -0.480 e. The number of aliphatic hydroxyl groups is 1. The van der Waals surface area contributed by atoms with E-state index < -0.39 is 18.1 Å². The van der Waals surface area contributed by atoms with Crippen molar-refractivity contribution in [1.82, 2.24) is 9.80 Å². The van der Waals surface area contributed by atoms with Crippen LogP contribution in [0.3, 0.4) is 0 Å². The Balaban J connectivity index is 1.97. The lowest BCUT2D eigenvalue weighted by atomic mass is 9.75. The number of likely N-dealkylation sites (tertiary alicyclic amines) is 2. The van der Waals surface area contributed by atoms with E-state index in [1.54, 1.807) is 4.90 Å². The summed E-state index contributed by atoms with van der Waals surface area (Å²) in [5.41, 5.74) is 0.239. The Morgan fingerprint density at radius 3 is 2.19 bits per heavy atom. The largest absolute Gasteiger partial charge is 0.480 e. The highest BCUT2D eigenvalue weighted by atomic mass is 16.4. The molecule has 2 fully saturated rings. The van der Waals surface area contributed by atoms with Gasteiger partial charge >= 0.3 is 12.0 Å². The zero-order chi connectivity index (χ0) is 15.8. The number of rotatable bonds is 1. The summed E-state index contributed by atoms with van der Waals surface area (Å²) in [5.74, 6) is -0.453. The number of carbonyl (C=O) groups is 2. The quantitative estimate of drug-likeness (QED) is 0.766. The van der Waals surface area contributed by atoms with Crippen LogP contribution in [0.15, 0.2) is 0 Å². The van der Waals surface area contributed by atoms with Crippen molar-refractivity contribution in [2.24, 2.45) is 11.3 Å². The monoisotopic (exact) mass is 298 g/mol. The molecule has 21 heavy (non-hydrogen) atoms. The number of urea groups is 1. The number of carboxylic acids is 1. The first-order valence-electron chi connectivity index (χ1n) is 7.66. The topological polar surface area (TPSA) is 81.1 Å². The van der Waals surface area contributed by atoms with Crippen LogP contribution in [-0.4, -0.2) is 63.8 Å². The Morgan fingerprint density at radius 2 is 1.71 bits per heavy atom. The molecule has 6 nitrogen and oxygen atoms in total. The van der Waals surface area contributed by atoms with Gasteiger partial charge in [0.25, 0.3) is 0 Å². The van der Waals surface area contributed by atoms with Crippen molar-refractivity contribution >= 4 is 12.0 Å². The van der Waals surface area contributed by atoms with E-state index in [1.807, 2.05) is 0 Å². The highest BCUT2D eigenvalue weighted by molar-refractivity contribution is 5.83. The van der Waals surface area contributed by atoms with Crippen LogP contribution in [0.25, 0.3) is 0 Å². The van der Waals surface area contributed by atoms with E-state index in [0.717, 1.165) is 12.8 Å². The third-order valence-corrected chi connectivity index (χ3v) is 4.80. The van der Waals surface area contributed by atoms with Gasteiger partial charge in [-0.25, -0.2) is 9.59 Å². The van der Waals surface area contributed by atoms with Gasteiger partial charge in [-0.15, -0.1) is 0 Å². The molecular weight excluding hydrogens is 272 g/mol. The molecule has 2 unspecified atom stereocenters. The summed E-state index contributed by atoms with van der Waals surface area (Å²) < 4.78 is 0. The van der Waals surface area contributed by atoms with Gasteiger partial charge in [-0.2, -0.15) is 0 Å². The first-order valence-corrected chi connectivity index (χ1v) is 7.66. The van der Waals surface area contributed by atoms with Crippen LogP contribution in [-0.2, 0) is 4.79 Å². The van der Waals surface area contributed by atoms with E-state index in [9.17, 15) is 19.8 Å². The second kappa shape index (κ2) is 5.83. The second-order valence-corrected chi connectivity index (χ2v) is 7.31. The van der Waals surface area contributed by atoms with Gasteiger partial charge in [0.15, 0.2) is 0 Å². The van der Waals surface area contributed by atoms with Gasteiger partial charge in [-0.05, 0) is 24.2 Å². The fourth-order valence-corrected chi connectivity index (χ4v) is 3.38. The third kappa shape index (κ3) is 3.48. The average Bonchev–Trinajstić information content (AvgIpc) is 2.79. The van der Waals surface area contributed by atoms with Gasteiger partial charge in [0.1, 0.15) is 6.04 Å². The Bertz CT molecular complexity index is 410. The van der Waals surface area contributed by atoms with Gasteiger partial charge in [-0.3, -0.25) is 0 Å². The zero-order valence-electron chi connectivity index (χ0n) is 13.1. The van der Waals surface area contributed by atoms with E-state index >= 15 is 0 Å². The molecule has 2 aliphatic rings. The molecule has 2 amide bonds. The molecule has 0 saturated carbocycles. The standard InChI is InChI=1S/C15H26N2O4/c1-15(2,3)10-4-6-16(7-5-10)14(21)17-9-11(18)8-12(17)13(19)20/h10-12,18H,4-9H2,1-3H3,(H,19,20). The fourth-order valence-electron chi connectivity index (χ4n) is 3.38. The fraction of sp³-hybridized carbons (Fsp3) is 0.867. The summed E-state index contributed by atoms with van der Waals surface area (Å²) in [7, 11) is 0. The summed E-state index contributed by atoms with van der Waals surface area (Å²) in [6, 6.07) is -1.14. The Labute approximate surface area is 125 Å². The highest BCUT2D eigenvalue weighted by Crippen LogP contribution is 2.34. The van der Waals surface area contributed by atoms with Crippen molar-refractivity contribution < 1.29 is 19.8 Å². The lowest BCUT2D eigenvalue weighted by molar-refractivity contribution is -0.141. The van der Waals surface area contributed by atoms with Crippen molar-refractivity contribution in [3.8, 4) is 0 Å². The summed E-state index contributed by atoms with van der Waals surface area (Å²) in [6.45, 7) is 8.10. The lowest BCUT2D eigenvalue weighted by Crippen LogP contribution is -2.51. The van der Waals surface area contributed by atoms with Gasteiger partial charge in [0.2, 0.25) is 0 Å². The average molecular weight is 298 g/mol. The maximum absolute atomic E-state index is 12.5. The first kappa shape index (κ1) is 16.1. The Kier molecular flexibility index (Phi) is 4.46. The maximum atomic E-state index is 12.5. The molecule has 2 rings (SSSR count). The molecule has 2 heterocycles. The molecule has 0 aliphatic carbocycles. The van der Waals surface area contributed by atoms with Crippen LogP contribution in [0.2, 0.25) is 0 Å². The smallest absolute Gasteiger partial charge is 0.326 e. The van der Waals surface area contributed by atoms with E-state index in [4.69, 9.17) is 0 Å². The molecule has 0 spiro atoms. The lowest BCUT2D eigenvalue weighted by Gasteiger charge is -2.40. The number of amides is 2. The number of carbonyl (C=O) groups excluding carboxylic acids is 1. The molecule has 6 heteroatoms. The SMILES string of the molecule is CC(C)(C)C1CCN(C(=O)N2CC(O)CC2C(=O)O)CC1. The van der Waals surface area contributed by atoms with Gasteiger partial charge < -0.3 is 20.0 Å². The number of piperidine rings is 1. The maximum Gasteiger partial charge on any atom is 0.326 e. The summed E-state index contributed by atoms with van der Waals surface area (Å²) >= 11 is 0. The van der Waals surface area contributed by atoms with Gasteiger partial charge in [0.05, 0.1) is 6.10 Å². The Morgan fingerprint density at radius 1 is 1.14 bits per heavy atom. The number of aliphatic carboxylic acids is 1. The van der Waals surface area contributed by atoms with Crippen LogP contribution in [0, 0.1) is 11.3 Å². The Hall–Kier alpha value is -1.30. The number of hydrogen-bond donors (Lipinski definition) is 2. The molecule has 0 bridgehead atoms. The van der Waals surface area contributed by atoms with Crippen LogP contribution in [0.5, 0.6) is 0 Å². The summed E-state index contributed by atoms with van der Waals surface area (Å²) in [6.07, 6.45) is 1.29. The molecule has 2 aliphatic heterocycles. The molecule has 120 valence electrons. The van der Waals surface area contributed by atoms with Crippen molar-refractivity contribution in [3.63, 3.8) is 0 Å². The second-order valence-electron chi connectivity index (χ2n) is 7.31. The van der Waals surface area contributed by atoms with Gasteiger partial charge in [-0.1, -0.05) is 20.8 Å². The van der Waals surface area contributed by atoms with Crippen molar-refractivity contribution in [3.05, 3.63) is 0 Å². The zero-order valence-corrected chi connectivity index (χ0v) is 13.1. The number of β-amino-alcohol motifs (C(OH)–C–C–N with tert-alkyl or cyclic N) is 1. The van der Waals surface area contributed by atoms with Crippen LogP contribution >= 0.6 is 0 Å². The molecule has 2 saturated heterocycles. The van der Waals surface area contributed by atoms with E-state index in [1.165, 1.54) is 4.90 Å². The molecule has 2 N–H and O–H groups in total. The third-order valence-electron chi connectivity index (χ3n) is 4.80. The molecule has 2 atom stereocenters. The molecule has 0 aromatic rings. The normalized spacial score (nSPS) is 28.0. The van der Waals surface area contributed by atoms with Crippen LogP contribution in [0.4, 0.5) is 4.79 Å². The highest BCUT2D eigenvalue weighted by Gasteiger charge is 2.41. The first-order chi connectivity index (χ1) is 9.70. The van der Waals surface area contributed by atoms with Crippen molar-refractivity contribution in [2.75, 3.05) is 19.6 Å². The number of aliphatic hydroxyl groups excluding tert-OH is 1. The molecule has 0 radical (unpaired) electrons.